The van der Waals surface area contributed by atoms with Gasteiger partial charge in [0, 0.05) is 18.8 Å². The highest BCUT2D eigenvalue weighted by Crippen LogP contribution is 2.29. The van der Waals surface area contributed by atoms with Gasteiger partial charge >= 0.3 is 6.03 Å². The van der Waals surface area contributed by atoms with Crippen molar-refractivity contribution < 1.29 is 9.53 Å². The van der Waals surface area contributed by atoms with Crippen molar-refractivity contribution in [2.24, 2.45) is 0 Å². The number of nitrogens with zero attached hydrogens (tertiary/aromatic N) is 3. The standard InChI is InChI=1S/C17H20N4O2S2/c1-12-15(25-17(24)20-8-10-23-11-9-20)13(2)21(19-12)16(22)18-14-6-4-3-5-7-14/h3-7H,8-11H2,1-2H3,(H,18,22). The van der Waals surface area contributed by atoms with Crippen LogP contribution in [0.4, 0.5) is 10.5 Å². The van der Waals surface area contributed by atoms with Crippen molar-refractivity contribution in [1.82, 2.24) is 14.7 Å². The first-order valence-electron chi connectivity index (χ1n) is 8.03. The maximum Gasteiger partial charge on any atom is 0.346 e. The normalized spacial score (nSPS) is 14.4. The van der Waals surface area contributed by atoms with Gasteiger partial charge in [-0.25, -0.2) is 4.79 Å². The number of aryl methyl sites for hydroxylation is 1. The van der Waals surface area contributed by atoms with E-state index in [1.54, 1.807) is 0 Å². The molecule has 0 radical (unpaired) electrons. The molecule has 1 N–H and O–H groups in total. The molecule has 1 aliphatic heterocycles. The van der Waals surface area contributed by atoms with Crippen molar-refractivity contribution in [3.63, 3.8) is 0 Å². The van der Waals surface area contributed by atoms with E-state index in [9.17, 15) is 4.79 Å². The third-order valence-electron chi connectivity index (χ3n) is 3.90. The molecule has 2 aromatic rings. The predicted molar refractivity (Wildman–Crippen MR) is 103 cm³/mol. The van der Waals surface area contributed by atoms with E-state index in [0.29, 0.717) is 13.2 Å². The van der Waals surface area contributed by atoms with Crippen LogP contribution in [0.5, 0.6) is 0 Å². The number of rotatable bonds is 2. The summed E-state index contributed by atoms with van der Waals surface area (Å²) in [6, 6.07) is 9.05. The number of hydrogen-bond donors (Lipinski definition) is 1. The second kappa shape index (κ2) is 7.99. The van der Waals surface area contributed by atoms with E-state index < -0.39 is 0 Å². The summed E-state index contributed by atoms with van der Waals surface area (Å²) >= 11 is 7.04. The Balaban J connectivity index is 1.74. The first-order chi connectivity index (χ1) is 12.1. The summed E-state index contributed by atoms with van der Waals surface area (Å²) < 4.78 is 7.54. The molecule has 0 bridgehead atoms. The van der Waals surface area contributed by atoms with E-state index in [0.717, 1.165) is 39.4 Å². The Bertz CT molecular complexity index is 770. The molecule has 0 unspecified atom stereocenters. The van der Waals surface area contributed by atoms with Gasteiger partial charge in [0.25, 0.3) is 0 Å². The van der Waals surface area contributed by atoms with Crippen LogP contribution in [0.1, 0.15) is 11.4 Å². The van der Waals surface area contributed by atoms with Gasteiger partial charge in [-0.3, -0.25) is 0 Å². The quantitative estimate of drug-likeness (QED) is 0.641. The van der Waals surface area contributed by atoms with Crippen LogP contribution in [-0.2, 0) is 4.74 Å². The van der Waals surface area contributed by atoms with Gasteiger partial charge in [-0.05, 0) is 26.0 Å². The molecule has 1 aromatic carbocycles. The number of ether oxygens (including phenoxy) is 1. The molecule has 0 spiro atoms. The van der Waals surface area contributed by atoms with E-state index >= 15 is 0 Å². The van der Waals surface area contributed by atoms with E-state index in [1.165, 1.54) is 16.4 Å². The van der Waals surface area contributed by atoms with E-state index in [2.05, 4.69) is 15.3 Å². The van der Waals surface area contributed by atoms with E-state index in [-0.39, 0.29) is 6.03 Å². The lowest BCUT2D eigenvalue weighted by Gasteiger charge is -2.28. The van der Waals surface area contributed by atoms with Crippen molar-refractivity contribution in [1.29, 1.82) is 0 Å². The van der Waals surface area contributed by atoms with Crippen LogP contribution >= 0.6 is 24.0 Å². The highest BCUT2D eigenvalue weighted by Gasteiger charge is 2.21. The zero-order chi connectivity index (χ0) is 17.8. The molecule has 1 amide bonds. The molecule has 1 aliphatic rings. The Labute approximate surface area is 156 Å². The maximum absolute atomic E-state index is 12.5. The number of thiocarbonyl (C=S) groups is 1. The molecule has 0 aliphatic carbocycles. The minimum atomic E-state index is -0.282. The molecule has 2 heterocycles. The molecule has 6 nitrogen and oxygen atoms in total. The molecule has 0 atom stereocenters. The second-order valence-corrected chi connectivity index (χ2v) is 7.32. The van der Waals surface area contributed by atoms with Gasteiger partial charge in [-0.2, -0.15) is 9.78 Å². The highest BCUT2D eigenvalue weighted by atomic mass is 32.2. The van der Waals surface area contributed by atoms with Gasteiger partial charge in [-0.1, -0.05) is 42.2 Å². The molecular formula is C17H20N4O2S2. The molecule has 0 saturated carbocycles. The molecule has 1 aromatic heterocycles. The SMILES string of the molecule is Cc1nn(C(=O)Nc2ccccc2)c(C)c1SC(=S)N1CCOCC1. The number of para-hydroxylation sites is 1. The van der Waals surface area contributed by atoms with Crippen molar-refractivity contribution >= 4 is 40.0 Å². The lowest BCUT2D eigenvalue weighted by molar-refractivity contribution is 0.0702. The summed E-state index contributed by atoms with van der Waals surface area (Å²) in [5, 5.41) is 7.23. The predicted octanol–water partition coefficient (Wildman–Crippen LogP) is 3.29. The summed E-state index contributed by atoms with van der Waals surface area (Å²) in [4.78, 5) is 15.6. The van der Waals surface area contributed by atoms with E-state index in [1.807, 2.05) is 44.2 Å². The number of anilines is 1. The topological polar surface area (TPSA) is 59.4 Å². The number of morpholine rings is 1. The number of amides is 1. The van der Waals surface area contributed by atoms with Crippen molar-refractivity contribution in [2.45, 2.75) is 18.7 Å². The fourth-order valence-corrected chi connectivity index (χ4v) is 3.91. The van der Waals surface area contributed by atoms with Crippen LogP contribution < -0.4 is 5.32 Å². The third-order valence-corrected chi connectivity index (χ3v) is 5.64. The lowest BCUT2D eigenvalue weighted by atomic mass is 10.3. The first-order valence-corrected chi connectivity index (χ1v) is 9.26. The molecule has 8 heteroatoms. The minimum absolute atomic E-state index is 0.282. The Hall–Kier alpha value is -1.90. The van der Waals surface area contributed by atoms with Crippen molar-refractivity contribution in [3.05, 3.63) is 41.7 Å². The zero-order valence-corrected chi connectivity index (χ0v) is 15.8. The molecule has 1 saturated heterocycles. The second-order valence-electron chi connectivity index (χ2n) is 5.68. The molecule has 132 valence electrons. The summed E-state index contributed by atoms with van der Waals surface area (Å²) in [6.45, 7) is 6.76. The molecule has 3 rings (SSSR count). The number of aromatic nitrogens is 2. The molecular weight excluding hydrogens is 356 g/mol. The van der Waals surface area contributed by atoms with Crippen LogP contribution in [0.15, 0.2) is 35.2 Å². The van der Waals surface area contributed by atoms with Crippen LogP contribution in [0.2, 0.25) is 0 Å². The van der Waals surface area contributed by atoms with Gasteiger partial charge in [0.05, 0.1) is 29.5 Å². The van der Waals surface area contributed by atoms with E-state index in [4.69, 9.17) is 17.0 Å². The number of hydrogen-bond acceptors (Lipinski definition) is 5. The van der Waals surface area contributed by atoms with Crippen LogP contribution in [0.25, 0.3) is 0 Å². The van der Waals surface area contributed by atoms with Crippen LogP contribution in [0.3, 0.4) is 0 Å². The van der Waals surface area contributed by atoms with Gasteiger partial charge in [0.1, 0.15) is 4.32 Å². The maximum atomic E-state index is 12.5. The Kier molecular flexibility index (Phi) is 5.72. The van der Waals surface area contributed by atoms with Crippen molar-refractivity contribution in [3.8, 4) is 0 Å². The fraction of sp³-hybridized carbons (Fsp3) is 0.353. The number of benzene rings is 1. The van der Waals surface area contributed by atoms with Gasteiger partial charge in [-0.15, -0.1) is 0 Å². The zero-order valence-electron chi connectivity index (χ0n) is 14.2. The summed E-state index contributed by atoms with van der Waals surface area (Å²) in [7, 11) is 0. The third kappa shape index (κ3) is 4.20. The number of nitrogens with one attached hydrogen (secondary N) is 1. The number of carbonyl (C=O) groups excluding carboxylic acids is 1. The highest BCUT2D eigenvalue weighted by molar-refractivity contribution is 8.23. The minimum Gasteiger partial charge on any atom is -0.378 e. The first kappa shape index (κ1) is 17.9. The molecule has 25 heavy (non-hydrogen) atoms. The monoisotopic (exact) mass is 376 g/mol. The number of carbonyl (C=O) groups is 1. The summed E-state index contributed by atoms with van der Waals surface area (Å²) in [6.07, 6.45) is 0. The lowest BCUT2D eigenvalue weighted by Crippen LogP contribution is -2.38. The summed E-state index contributed by atoms with van der Waals surface area (Å²) in [5.41, 5.74) is 2.31. The van der Waals surface area contributed by atoms with Gasteiger partial charge < -0.3 is 15.0 Å². The Morgan fingerprint density at radius 3 is 2.60 bits per heavy atom. The van der Waals surface area contributed by atoms with Gasteiger partial charge in [0.15, 0.2) is 0 Å². The summed E-state index contributed by atoms with van der Waals surface area (Å²) in [5.74, 6) is 0. The Morgan fingerprint density at radius 2 is 1.92 bits per heavy atom. The van der Waals surface area contributed by atoms with Crippen LogP contribution in [-0.4, -0.2) is 51.3 Å². The smallest absolute Gasteiger partial charge is 0.346 e. The van der Waals surface area contributed by atoms with Crippen LogP contribution in [0, 0.1) is 13.8 Å². The Morgan fingerprint density at radius 1 is 1.24 bits per heavy atom. The average molecular weight is 377 g/mol. The van der Waals surface area contributed by atoms with Gasteiger partial charge in [0.2, 0.25) is 0 Å². The molecule has 1 fully saturated rings. The largest absolute Gasteiger partial charge is 0.378 e. The fourth-order valence-electron chi connectivity index (χ4n) is 2.57. The average Bonchev–Trinajstić information content (AvgIpc) is 2.91. The number of thioether (sulfide) groups is 1. The van der Waals surface area contributed by atoms with Crippen molar-refractivity contribution in [2.75, 3.05) is 31.6 Å².